The smallest absolute Gasteiger partial charge is 0.289 e. The highest BCUT2D eigenvalue weighted by Crippen LogP contribution is 2.50. The fraction of sp³-hybridized carbons (Fsp3) is 0.491. The number of hydrogen-bond acceptors (Lipinski definition) is 14. The monoisotopic (exact) mass is 983 g/mol. The average molecular weight is 984 g/mol. The zero-order valence-electron chi connectivity index (χ0n) is 40.9. The maximum Gasteiger partial charge on any atom is 0.289 e. The summed E-state index contributed by atoms with van der Waals surface area (Å²) in [6, 6.07) is 20.0. The number of carbonyl (C=O) groups is 1. The Kier molecular flexibility index (Phi) is 15.0. The standard InChI is InChI=1S/C53H65N3O13S/c1-7-33-31-54-16-14-35-25-46(62-3)48(64-5)29-41(35)43(54)22-37(33)23-44-42-30-49(65-6)47(63-4)26-36(42)15-17-56(44)53(58)51-27-38(34-8-13-45-50(24-34)68-32-67-45)28-52(69-51)66-21-19-55(18-20-57)70(59,60)40-11-9-39(61-2)10-12-40/h8-13,24-27,29-30,33,37-38,43-44,52,57H,7,14-23,28,31-32H2,1-6H3/t33-,37+,38+,43-,44+,52-/m0/s1. The van der Waals surface area contributed by atoms with Crippen LogP contribution in [0.5, 0.6) is 40.2 Å². The molecule has 4 aromatic rings. The number of nitrogens with zero attached hydrogens (tertiary/aromatic N) is 3. The molecule has 1 N–H and O–H groups in total. The van der Waals surface area contributed by atoms with E-state index in [9.17, 15) is 13.5 Å². The molecule has 9 rings (SSSR count). The van der Waals surface area contributed by atoms with Crippen molar-refractivity contribution < 1.29 is 61.0 Å². The van der Waals surface area contributed by atoms with E-state index in [1.807, 2.05) is 41.3 Å². The normalized spacial score (nSPS) is 22.8. The highest BCUT2D eigenvalue weighted by molar-refractivity contribution is 7.89. The number of hydrogen-bond donors (Lipinski definition) is 1. The summed E-state index contributed by atoms with van der Waals surface area (Å²) < 4.78 is 81.5. The molecule has 0 aromatic heterocycles. The van der Waals surface area contributed by atoms with Gasteiger partial charge >= 0.3 is 0 Å². The third-order valence-electron chi connectivity index (χ3n) is 14.9. The molecule has 16 nitrogen and oxygen atoms in total. The number of piperidine rings is 1. The first-order valence-electron chi connectivity index (χ1n) is 24.2. The highest BCUT2D eigenvalue weighted by Gasteiger charge is 2.44. The Morgan fingerprint density at radius 2 is 1.44 bits per heavy atom. The van der Waals surface area contributed by atoms with E-state index in [0.29, 0.717) is 60.5 Å². The average Bonchev–Trinajstić information content (AvgIpc) is 3.87. The maximum absolute atomic E-state index is 15.5. The molecule has 4 aromatic carbocycles. The lowest BCUT2D eigenvalue weighted by molar-refractivity contribution is -0.155. The van der Waals surface area contributed by atoms with Gasteiger partial charge in [-0.2, -0.15) is 4.31 Å². The maximum atomic E-state index is 15.5. The lowest BCUT2D eigenvalue weighted by Crippen LogP contribution is -2.48. The minimum atomic E-state index is -4.01. The summed E-state index contributed by atoms with van der Waals surface area (Å²) in [4.78, 5) is 20.1. The molecule has 0 saturated carbocycles. The molecule has 5 aliphatic heterocycles. The van der Waals surface area contributed by atoms with E-state index in [4.69, 9.17) is 42.6 Å². The number of amides is 1. The highest BCUT2D eigenvalue weighted by atomic mass is 32.2. The molecule has 0 radical (unpaired) electrons. The Balaban J connectivity index is 1.02. The summed E-state index contributed by atoms with van der Waals surface area (Å²) in [6.45, 7) is 4.04. The molecule has 1 fully saturated rings. The van der Waals surface area contributed by atoms with Crippen molar-refractivity contribution in [3.8, 4) is 40.2 Å². The SMILES string of the molecule is CC[C@H]1CN2CCc3cc(OC)c(OC)cc3[C@@H]2C[C@@H]1C[C@@H]1c2cc(OC)c(OC)cc2CCN1C(=O)C1=C[C@@H](c2ccc3c(c2)OCO3)C[C@@H](OCCN(CCO)S(=O)(=O)c2ccc(OC)cc2)O1. The van der Waals surface area contributed by atoms with Crippen LogP contribution in [0, 0.1) is 11.8 Å². The Morgan fingerprint density at radius 1 is 0.771 bits per heavy atom. The molecule has 17 heteroatoms. The van der Waals surface area contributed by atoms with Crippen molar-refractivity contribution >= 4 is 15.9 Å². The van der Waals surface area contributed by atoms with Crippen LogP contribution in [0.15, 0.2) is 83.5 Å². The first kappa shape index (κ1) is 49.3. The molecule has 0 bridgehead atoms. The lowest BCUT2D eigenvalue weighted by atomic mass is 9.72. The number of allylic oxidation sites excluding steroid dienone is 1. The van der Waals surface area contributed by atoms with Gasteiger partial charge in [-0.15, -0.1) is 0 Å². The predicted molar refractivity (Wildman–Crippen MR) is 259 cm³/mol. The van der Waals surface area contributed by atoms with Gasteiger partial charge in [0.15, 0.2) is 40.3 Å². The first-order chi connectivity index (χ1) is 34.0. The van der Waals surface area contributed by atoms with Crippen molar-refractivity contribution in [1.29, 1.82) is 0 Å². The Morgan fingerprint density at radius 3 is 2.13 bits per heavy atom. The zero-order valence-corrected chi connectivity index (χ0v) is 41.7. The quantitative estimate of drug-likeness (QED) is 0.108. The fourth-order valence-corrected chi connectivity index (χ4v) is 12.6. The minimum absolute atomic E-state index is 0.0587. The summed E-state index contributed by atoms with van der Waals surface area (Å²) in [7, 11) is 4.13. The van der Waals surface area contributed by atoms with Crippen molar-refractivity contribution in [3.63, 3.8) is 0 Å². The largest absolute Gasteiger partial charge is 0.497 e. The van der Waals surface area contributed by atoms with E-state index in [1.54, 1.807) is 40.6 Å². The molecule has 6 atom stereocenters. The second-order valence-electron chi connectivity index (χ2n) is 18.4. The van der Waals surface area contributed by atoms with Gasteiger partial charge in [0.05, 0.1) is 59.7 Å². The molecule has 376 valence electrons. The summed E-state index contributed by atoms with van der Waals surface area (Å²) in [5.74, 6) is 4.65. The van der Waals surface area contributed by atoms with Crippen LogP contribution < -0.4 is 33.2 Å². The van der Waals surface area contributed by atoms with E-state index >= 15 is 4.79 Å². The fourth-order valence-electron chi connectivity index (χ4n) is 11.1. The molecule has 0 aliphatic carbocycles. The van der Waals surface area contributed by atoms with Gasteiger partial charge in [0, 0.05) is 51.1 Å². The summed E-state index contributed by atoms with van der Waals surface area (Å²) in [5.41, 5.74) is 5.55. The van der Waals surface area contributed by atoms with Gasteiger partial charge in [-0.3, -0.25) is 9.69 Å². The zero-order chi connectivity index (χ0) is 49.1. The lowest BCUT2D eigenvalue weighted by Gasteiger charge is -2.49. The second-order valence-corrected chi connectivity index (χ2v) is 20.4. The van der Waals surface area contributed by atoms with Gasteiger partial charge in [-0.1, -0.05) is 19.4 Å². The molecule has 0 unspecified atom stereocenters. The summed E-state index contributed by atoms with van der Waals surface area (Å²) in [5, 5.41) is 9.94. The van der Waals surface area contributed by atoms with Crippen LogP contribution in [0.4, 0.5) is 0 Å². The van der Waals surface area contributed by atoms with E-state index in [1.165, 1.54) is 34.7 Å². The van der Waals surface area contributed by atoms with Gasteiger partial charge < -0.3 is 52.6 Å². The third-order valence-corrected chi connectivity index (χ3v) is 16.8. The third kappa shape index (κ3) is 9.83. The van der Waals surface area contributed by atoms with Crippen LogP contribution >= 0.6 is 0 Å². The van der Waals surface area contributed by atoms with E-state index in [2.05, 4.69) is 24.0 Å². The number of rotatable bonds is 18. The van der Waals surface area contributed by atoms with Gasteiger partial charge in [-0.25, -0.2) is 8.42 Å². The predicted octanol–water partition coefficient (Wildman–Crippen LogP) is 7.03. The van der Waals surface area contributed by atoms with Crippen LogP contribution in [0.1, 0.15) is 78.4 Å². The van der Waals surface area contributed by atoms with Crippen LogP contribution in [-0.4, -0.2) is 128 Å². The molecule has 5 aliphatic rings. The molecular formula is C53H65N3O13S. The van der Waals surface area contributed by atoms with Crippen molar-refractivity contribution in [2.24, 2.45) is 11.8 Å². The molecule has 1 saturated heterocycles. The number of sulfonamides is 1. The van der Waals surface area contributed by atoms with Gasteiger partial charge in [0.1, 0.15) is 5.75 Å². The summed E-state index contributed by atoms with van der Waals surface area (Å²) >= 11 is 0. The molecule has 0 spiro atoms. The Hall–Kier alpha value is -5.72. The Bertz CT molecular complexity index is 2660. The van der Waals surface area contributed by atoms with Gasteiger partial charge in [-0.05, 0) is 132 Å². The number of aliphatic hydroxyl groups excluding tert-OH is 1. The number of aliphatic hydroxyl groups is 1. The van der Waals surface area contributed by atoms with Crippen LogP contribution in [0.2, 0.25) is 0 Å². The van der Waals surface area contributed by atoms with Crippen LogP contribution in [-0.2, 0) is 37.1 Å². The van der Waals surface area contributed by atoms with Crippen molar-refractivity contribution in [1.82, 2.24) is 14.1 Å². The van der Waals surface area contributed by atoms with Crippen LogP contribution in [0.25, 0.3) is 0 Å². The van der Waals surface area contributed by atoms with E-state index in [-0.39, 0.29) is 67.0 Å². The van der Waals surface area contributed by atoms with Crippen LogP contribution in [0.3, 0.4) is 0 Å². The molecule has 70 heavy (non-hydrogen) atoms. The number of fused-ring (bicyclic) bond motifs is 5. The Labute approximate surface area is 410 Å². The van der Waals surface area contributed by atoms with Crippen molar-refractivity contribution in [2.45, 2.75) is 74.6 Å². The van der Waals surface area contributed by atoms with Crippen molar-refractivity contribution in [3.05, 3.63) is 106 Å². The number of ether oxygens (including phenoxy) is 9. The number of methoxy groups -OCH3 is 5. The topological polar surface area (TPSA) is 164 Å². The minimum Gasteiger partial charge on any atom is -0.497 e. The number of carbonyl (C=O) groups excluding carboxylic acids is 1. The van der Waals surface area contributed by atoms with Crippen molar-refractivity contribution in [2.75, 3.05) is 88.3 Å². The molecule has 1 amide bonds. The van der Waals surface area contributed by atoms with E-state index in [0.717, 1.165) is 60.5 Å². The summed E-state index contributed by atoms with van der Waals surface area (Å²) in [6.07, 6.45) is 5.43. The van der Waals surface area contributed by atoms with Gasteiger partial charge in [0.25, 0.3) is 5.91 Å². The van der Waals surface area contributed by atoms with Gasteiger partial charge in [0.2, 0.25) is 23.1 Å². The number of benzene rings is 4. The molecule has 5 heterocycles. The second kappa shape index (κ2) is 21.3. The first-order valence-corrected chi connectivity index (χ1v) is 25.6. The molecular weight excluding hydrogens is 919 g/mol. The van der Waals surface area contributed by atoms with E-state index < -0.39 is 22.9 Å².